The van der Waals surface area contributed by atoms with Crippen molar-refractivity contribution >= 4 is 25.3 Å². The molecule has 2 unspecified atom stereocenters. The lowest BCUT2D eigenvalue weighted by Gasteiger charge is -2.30. The number of carbonyl (C=O) groups is 2. The highest BCUT2D eigenvalue weighted by molar-refractivity contribution is 6.20. The summed E-state index contributed by atoms with van der Waals surface area (Å²) < 4.78 is 0. The van der Waals surface area contributed by atoms with Gasteiger partial charge in [-0.2, -0.15) is 0 Å². The fourth-order valence-electron chi connectivity index (χ4n) is 2.95. The van der Waals surface area contributed by atoms with Crippen molar-refractivity contribution in [1.82, 2.24) is 0 Å². The second-order valence-electron chi connectivity index (χ2n) is 7.17. The summed E-state index contributed by atoms with van der Waals surface area (Å²) in [5.41, 5.74) is 1.63. The Bertz CT molecular complexity index is 578. The molecule has 0 aromatic heterocycles. The van der Waals surface area contributed by atoms with E-state index < -0.39 is 0 Å². The van der Waals surface area contributed by atoms with E-state index >= 15 is 0 Å². The SMILES string of the molecule is [B]C(C)C(C)(C)c1ccc(N2C(=O)CC(CCCC)C2=O)cc1. The van der Waals surface area contributed by atoms with Gasteiger partial charge in [-0.25, -0.2) is 0 Å². The Labute approximate surface area is 140 Å². The summed E-state index contributed by atoms with van der Waals surface area (Å²) in [5, 5.41) is 0. The van der Waals surface area contributed by atoms with Gasteiger partial charge in [0.25, 0.3) is 0 Å². The minimum atomic E-state index is -0.152. The molecule has 2 rings (SSSR count). The summed E-state index contributed by atoms with van der Waals surface area (Å²) in [6.07, 6.45) is 3.16. The molecule has 1 aromatic rings. The van der Waals surface area contributed by atoms with Crippen molar-refractivity contribution in [3.05, 3.63) is 29.8 Å². The normalized spacial score (nSPS) is 20.2. The quantitative estimate of drug-likeness (QED) is 0.588. The first-order valence-corrected chi connectivity index (χ1v) is 8.52. The number of rotatable bonds is 6. The zero-order valence-electron chi connectivity index (χ0n) is 14.6. The van der Waals surface area contributed by atoms with Crippen molar-refractivity contribution in [1.29, 1.82) is 0 Å². The third-order valence-corrected chi connectivity index (χ3v) is 5.15. The second kappa shape index (κ2) is 6.90. The van der Waals surface area contributed by atoms with Gasteiger partial charge in [0.05, 0.1) is 13.5 Å². The molecule has 1 saturated heterocycles. The van der Waals surface area contributed by atoms with Crippen molar-refractivity contribution < 1.29 is 9.59 Å². The number of hydrogen-bond donors (Lipinski definition) is 0. The number of hydrogen-bond acceptors (Lipinski definition) is 2. The number of nitrogens with zero attached hydrogens (tertiary/aromatic N) is 1. The summed E-state index contributed by atoms with van der Waals surface area (Å²) in [4.78, 5) is 26.1. The average Bonchev–Trinajstić information content (AvgIpc) is 2.79. The largest absolute Gasteiger partial charge is 0.274 e. The van der Waals surface area contributed by atoms with Gasteiger partial charge in [-0.3, -0.25) is 14.5 Å². The lowest BCUT2D eigenvalue weighted by Crippen LogP contribution is -2.30. The van der Waals surface area contributed by atoms with Crippen LogP contribution in [0.1, 0.15) is 58.9 Å². The van der Waals surface area contributed by atoms with Crippen LogP contribution in [-0.4, -0.2) is 19.7 Å². The summed E-state index contributed by atoms with van der Waals surface area (Å²) in [6, 6.07) is 7.66. The fraction of sp³-hybridized carbons (Fsp3) is 0.579. The van der Waals surface area contributed by atoms with E-state index in [0.29, 0.717) is 12.1 Å². The van der Waals surface area contributed by atoms with Crippen LogP contribution < -0.4 is 4.90 Å². The lowest BCUT2D eigenvalue weighted by atomic mass is 9.65. The second-order valence-corrected chi connectivity index (χ2v) is 7.17. The Morgan fingerprint density at radius 3 is 2.39 bits per heavy atom. The molecular weight excluding hydrogens is 285 g/mol. The average molecular weight is 311 g/mol. The summed E-state index contributed by atoms with van der Waals surface area (Å²) in [5.74, 6) is -0.276. The van der Waals surface area contributed by atoms with Gasteiger partial charge >= 0.3 is 0 Å². The molecule has 0 aliphatic carbocycles. The molecule has 1 fully saturated rings. The third-order valence-electron chi connectivity index (χ3n) is 5.15. The van der Waals surface area contributed by atoms with Gasteiger partial charge in [-0.15, -0.1) is 0 Å². The van der Waals surface area contributed by atoms with Gasteiger partial charge in [0, 0.05) is 12.3 Å². The Balaban J connectivity index is 2.19. The molecule has 122 valence electrons. The van der Waals surface area contributed by atoms with E-state index in [9.17, 15) is 9.59 Å². The van der Waals surface area contributed by atoms with Gasteiger partial charge in [-0.1, -0.05) is 58.5 Å². The van der Waals surface area contributed by atoms with Crippen molar-refractivity contribution in [3.63, 3.8) is 0 Å². The molecule has 1 aliphatic heterocycles. The molecule has 0 spiro atoms. The molecule has 2 amide bonds. The molecule has 4 heteroatoms. The summed E-state index contributed by atoms with van der Waals surface area (Å²) >= 11 is 0. The van der Waals surface area contributed by atoms with Crippen molar-refractivity contribution in [2.75, 3.05) is 4.90 Å². The standard InChI is InChI=1S/C19H26BNO2/c1-5-6-7-14-12-17(22)21(18(14)23)16-10-8-15(9-11-16)19(3,4)13(2)20/h8-11,13-14H,5-7,12H2,1-4H3. The first-order chi connectivity index (χ1) is 10.8. The Morgan fingerprint density at radius 2 is 1.87 bits per heavy atom. The van der Waals surface area contributed by atoms with Crippen molar-refractivity contribution in [2.45, 2.75) is 64.6 Å². The molecule has 23 heavy (non-hydrogen) atoms. The van der Waals surface area contributed by atoms with E-state index in [2.05, 4.69) is 20.8 Å². The smallest absolute Gasteiger partial charge is 0.237 e. The van der Waals surface area contributed by atoms with Crippen LogP contribution in [-0.2, 0) is 15.0 Å². The maximum Gasteiger partial charge on any atom is 0.237 e. The van der Waals surface area contributed by atoms with Crippen molar-refractivity contribution in [2.24, 2.45) is 5.92 Å². The van der Waals surface area contributed by atoms with E-state index in [-0.39, 0.29) is 29.0 Å². The predicted octanol–water partition coefficient (Wildman–Crippen LogP) is 4.01. The van der Waals surface area contributed by atoms with Crippen LogP contribution in [0.25, 0.3) is 0 Å². The van der Waals surface area contributed by atoms with Crippen LogP contribution in [0.15, 0.2) is 24.3 Å². The molecule has 2 radical (unpaired) electrons. The molecule has 3 nitrogen and oxygen atoms in total. The molecule has 0 N–H and O–H groups in total. The molecular formula is C19H26BNO2. The highest BCUT2D eigenvalue weighted by atomic mass is 16.2. The highest BCUT2D eigenvalue weighted by Gasteiger charge is 2.39. The Morgan fingerprint density at radius 1 is 1.26 bits per heavy atom. The highest BCUT2D eigenvalue weighted by Crippen LogP contribution is 2.35. The van der Waals surface area contributed by atoms with Gasteiger partial charge in [0.15, 0.2) is 0 Å². The first-order valence-electron chi connectivity index (χ1n) is 8.52. The monoisotopic (exact) mass is 311 g/mol. The minimum Gasteiger partial charge on any atom is -0.274 e. The zero-order valence-corrected chi connectivity index (χ0v) is 14.6. The Hall–Kier alpha value is -1.58. The molecule has 0 saturated carbocycles. The van der Waals surface area contributed by atoms with Crippen molar-refractivity contribution in [3.8, 4) is 0 Å². The maximum absolute atomic E-state index is 12.5. The predicted molar refractivity (Wildman–Crippen MR) is 94.8 cm³/mol. The van der Waals surface area contributed by atoms with Gasteiger partial charge in [0.1, 0.15) is 0 Å². The number of benzene rings is 1. The van der Waals surface area contributed by atoms with Gasteiger partial charge in [-0.05, 0) is 29.5 Å². The van der Waals surface area contributed by atoms with Crippen LogP contribution in [0.5, 0.6) is 0 Å². The van der Waals surface area contributed by atoms with Crippen LogP contribution >= 0.6 is 0 Å². The van der Waals surface area contributed by atoms with E-state index in [1.165, 1.54) is 4.90 Å². The van der Waals surface area contributed by atoms with Gasteiger partial charge in [0.2, 0.25) is 11.8 Å². The van der Waals surface area contributed by atoms with E-state index in [1.54, 1.807) is 0 Å². The van der Waals surface area contributed by atoms with Gasteiger partial charge < -0.3 is 0 Å². The van der Waals surface area contributed by atoms with E-state index in [1.807, 2.05) is 31.2 Å². The topological polar surface area (TPSA) is 37.4 Å². The molecule has 0 bridgehead atoms. The maximum atomic E-state index is 12.5. The number of carbonyl (C=O) groups excluding carboxylic acids is 2. The number of imide groups is 1. The zero-order chi connectivity index (χ0) is 17.2. The Kier molecular flexibility index (Phi) is 5.33. The van der Waals surface area contributed by atoms with Crippen LogP contribution in [0.2, 0.25) is 5.82 Å². The molecule has 2 atom stereocenters. The van der Waals surface area contributed by atoms with E-state index in [0.717, 1.165) is 24.8 Å². The summed E-state index contributed by atoms with van der Waals surface area (Å²) in [6.45, 7) is 8.27. The molecule has 1 aromatic carbocycles. The number of amides is 2. The number of unbranched alkanes of at least 4 members (excludes halogenated alkanes) is 1. The lowest BCUT2D eigenvalue weighted by molar-refractivity contribution is -0.122. The first kappa shape index (κ1) is 17.8. The van der Waals surface area contributed by atoms with Crippen LogP contribution in [0.3, 0.4) is 0 Å². The summed E-state index contributed by atoms with van der Waals surface area (Å²) in [7, 11) is 6.05. The minimum absolute atomic E-state index is 0.0156. The van der Waals surface area contributed by atoms with E-state index in [4.69, 9.17) is 7.85 Å². The van der Waals surface area contributed by atoms with Crippen LogP contribution in [0.4, 0.5) is 5.69 Å². The number of anilines is 1. The third kappa shape index (κ3) is 3.51. The molecule has 1 aliphatic rings. The van der Waals surface area contributed by atoms with Crippen LogP contribution in [0, 0.1) is 5.92 Å². The molecule has 1 heterocycles. The fourth-order valence-corrected chi connectivity index (χ4v) is 2.95.